The Morgan fingerprint density at radius 1 is 1.40 bits per heavy atom. The molecule has 6 heteroatoms. The zero-order valence-corrected chi connectivity index (χ0v) is 12.0. The van der Waals surface area contributed by atoms with Gasteiger partial charge in [-0.3, -0.25) is 4.98 Å². The van der Waals surface area contributed by atoms with E-state index in [2.05, 4.69) is 21.5 Å². The van der Waals surface area contributed by atoms with Crippen LogP contribution in [0, 0.1) is 17.8 Å². The lowest BCUT2D eigenvalue weighted by atomic mass is 10.3. The third-order valence-electron chi connectivity index (χ3n) is 3.03. The number of aliphatic hydroxyl groups is 1. The van der Waals surface area contributed by atoms with Crippen LogP contribution >= 0.6 is 0 Å². The number of hydrogen-bond acceptors (Lipinski definition) is 4. The van der Waals surface area contributed by atoms with Crippen LogP contribution in [0.5, 0.6) is 0 Å². The normalized spacial score (nSPS) is 14.7. The van der Waals surface area contributed by atoms with E-state index in [1.165, 1.54) is 31.3 Å². The lowest BCUT2D eigenvalue weighted by molar-refractivity contribution is 0.305. The Labute approximate surface area is 119 Å². The Morgan fingerprint density at radius 3 is 2.90 bits per heavy atom. The second kappa shape index (κ2) is 6.84. The van der Waals surface area contributed by atoms with Crippen LogP contribution in [-0.4, -0.2) is 31.7 Å². The molecular formula is C14H18N2O3S. The first-order chi connectivity index (χ1) is 9.62. The summed E-state index contributed by atoms with van der Waals surface area (Å²) in [6.45, 7) is 0.453. The van der Waals surface area contributed by atoms with Crippen LogP contribution in [0.15, 0.2) is 23.4 Å². The van der Waals surface area contributed by atoms with Gasteiger partial charge in [0.15, 0.2) is 0 Å². The largest absolute Gasteiger partial charge is 0.395 e. The van der Waals surface area contributed by atoms with Crippen LogP contribution < -0.4 is 4.72 Å². The number of sulfonamides is 1. The first-order valence-corrected chi connectivity index (χ1v) is 8.14. The van der Waals surface area contributed by atoms with Crippen LogP contribution in [0.1, 0.15) is 31.2 Å². The molecule has 1 aromatic heterocycles. The first kappa shape index (κ1) is 15.0. The van der Waals surface area contributed by atoms with Crippen molar-refractivity contribution < 1.29 is 13.5 Å². The van der Waals surface area contributed by atoms with Gasteiger partial charge < -0.3 is 5.11 Å². The van der Waals surface area contributed by atoms with Crippen molar-refractivity contribution in [1.29, 1.82) is 0 Å². The van der Waals surface area contributed by atoms with Crippen LogP contribution in [0.25, 0.3) is 0 Å². The monoisotopic (exact) mass is 294 g/mol. The molecule has 1 aliphatic rings. The van der Waals surface area contributed by atoms with Crippen molar-refractivity contribution in [2.24, 2.45) is 5.92 Å². The summed E-state index contributed by atoms with van der Waals surface area (Å²) in [5.41, 5.74) is 0.531. The van der Waals surface area contributed by atoms with E-state index in [-0.39, 0.29) is 11.5 Å². The Morgan fingerprint density at radius 2 is 2.20 bits per heavy atom. The predicted octanol–water partition coefficient (Wildman–Crippen LogP) is 0.894. The molecule has 0 atom stereocenters. The number of nitrogens with zero attached hydrogens (tertiary/aromatic N) is 1. The molecule has 0 aromatic carbocycles. The van der Waals surface area contributed by atoms with Gasteiger partial charge in [0.05, 0.1) is 6.61 Å². The van der Waals surface area contributed by atoms with Crippen LogP contribution in [0.3, 0.4) is 0 Å². The smallest absolute Gasteiger partial charge is 0.242 e. The summed E-state index contributed by atoms with van der Waals surface area (Å²) >= 11 is 0. The standard InChI is InChI=1S/C14H18N2O3S/c17-8-2-1-3-13-9-14(11-15-10-13)20(18,19)16-7-6-12-4-5-12/h9-12,16-17H,2,4-8H2. The highest BCUT2D eigenvalue weighted by molar-refractivity contribution is 7.89. The molecular weight excluding hydrogens is 276 g/mol. The zero-order chi connectivity index (χ0) is 14.4. The highest BCUT2D eigenvalue weighted by Crippen LogP contribution is 2.31. The second-order valence-corrected chi connectivity index (χ2v) is 6.58. The van der Waals surface area contributed by atoms with E-state index in [0.29, 0.717) is 24.4 Å². The maximum Gasteiger partial charge on any atom is 0.242 e. The summed E-state index contributed by atoms with van der Waals surface area (Å²) in [6.07, 6.45) is 6.49. The fourth-order valence-electron chi connectivity index (χ4n) is 1.74. The Balaban J connectivity index is 2.02. The van der Waals surface area contributed by atoms with Gasteiger partial charge in [-0.05, 0) is 18.4 Å². The molecule has 0 aliphatic heterocycles. The van der Waals surface area contributed by atoms with E-state index in [9.17, 15) is 8.42 Å². The van der Waals surface area contributed by atoms with Gasteiger partial charge in [-0.15, -0.1) is 0 Å². The molecule has 2 rings (SSSR count). The van der Waals surface area contributed by atoms with Crippen molar-refractivity contribution in [3.63, 3.8) is 0 Å². The van der Waals surface area contributed by atoms with Gasteiger partial charge in [0.25, 0.3) is 0 Å². The van der Waals surface area contributed by atoms with Gasteiger partial charge in [0.2, 0.25) is 10.0 Å². The molecule has 1 fully saturated rings. The number of hydrogen-bond donors (Lipinski definition) is 2. The summed E-state index contributed by atoms with van der Waals surface area (Å²) in [4.78, 5) is 4.03. The minimum absolute atomic E-state index is 0.0128. The van der Waals surface area contributed by atoms with E-state index < -0.39 is 10.0 Å². The molecule has 2 N–H and O–H groups in total. The van der Waals surface area contributed by atoms with E-state index in [0.717, 1.165) is 6.42 Å². The molecule has 108 valence electrons. The van der Waals surface area contributed by atoms with Gasteiger partial charge in [-0.2, -0.15) is 0 Å². The number of nitrogens with one attached hydrogen (secondary N) is 1. The molecule has 1 aliphatic carbocycles. The van der Waals surface area contributed by atoms with Crippen LogP contribution in [-0.2, 0) is 10.0 Å². The Bertz CT molecular complexity index is 613. The fraction of sp³-hybridized carbons (Fsp3) is 0.500. The molecule has 5 nitrogen and oxygen atoms in total. The number of aliphatic hydroxyl groups excluding tert-OH is 1. The molecule has 1 heterocycles. The number of aromatic nitrogens is 1. The van der Waals surface area contributed by atoms with Crippen molar-refractivity contribution in [2.75, 3.05) is 13.2 Å². The minimum Gasteiger partial charge on any atom is -0.395 e. The van der Waals surface area contributed by atoms with Gasteiger partial charge >= 0.3 is 0 Å². The zero-order valence-electron chi connectivity index (χ0n) is 11.2. The summed E-state index contributed by atoms with van der Waals surface area (Å²) in [5.74, 6) is 6.21. The molecule has 0 saturated heterocycles. The van der Waals surface area contributed by atoms with Crippen molar-refractivity contribution >= 4 is 10.0 Å². The molecule has 0 spiro atoms. The topological polar surface area (TPSA) is 79.3 Å². The molecule has 1 saturated carbocycles. The summed E-state index contributed by atoms with van der Waals surface area (Å²) in [7, 11) is -3.51. The van der Waals surface area contributed by atoms with Gasteiger partial charge in [-0.25, -0.2) is 13.1 Å². The average Bonchev–Trinajstić information content (AvgIpc) is 3.23. The highest BCUT2D eigenvalue weighted by atomic mass is 32.2. The lowest BCUT2D eigenvalue weighted by Crippen LogP contribution is -2.25. The van der Waals surface area contributed by atoms with Gasteiger partial charge in [0.1, 0.15) is 4.90 Å². The molecule has 0 unspecified atom stereocenters. The summed E-state index contributed by atoms with van der Waals surface area (Å²) < 4.78 is 26.7. The summed E-state index contributed by atoms with van der Waals surface area (Å²) in [6, 6.07) is 1.50. The van der Waals surface area contributed by atoms with Crippen molar-refractivity contribution in [2.45, 2.75) is 30.6 Å². The van der Waals surface area contributed by atoms with Crippen molar-refractivity contribution in [1.82, 2.24) is 9.71 Å². The quantitative estimate of drug-likeness (QED) is 0.764. The molecule has 0 radical (unpaired) electrons. The van der Waals surface area contributed by atoms with E-state index >= 15 is 0 Å². The van der Waals surface area contributed by atoms with E-state index in [1.54, 1.807) is 0 Å². The first-order valence-electron chi connectivity index (χ1n) is 6.66. The van der Waals surface area contributed by atoms with Gasteiger partial charge in [-0.1, -0.05) is 24.7 Å². The maximum atomic E-state index is 12.1. The molecule has 0 amide bonds. The fourth-order valence-corrected chi connectivity index (χ4v) is 2.78. The van der Waals surface area contributed by atoms with E-state index in [4.69, 9.17) is 5.11 Å². The Kier molecular flexibility index (Phi) is 5.12. The van der Waals surface area contributed by atoms with Crippen LogP contribution in [0.4, 0.5) is 0 Å². The minimum atomic E-state index is -3.51. The molecule has 20 heavy (non-hydrogen) atoms. The molecule has 0 bridgehead atoms. The third-order valence-corrected chi connectivity index (χ3v) is 4.46. The predicted molar refractivity (Wildman–Crippen MR) is 75.3 cm³/mol. The maximum absolute atomic E-state index is 12.1. The third kappa shape index (κ3) is 4.60. The van der Waals surface area contributed by atoms with Crippen molar-refractivity contribution in [3.8, 4) is 11.8 Å². The highest BCUT2D eigenvalue weighted by Gasteiger charge is 2.22. The number of rotatable bonds is 6. The number of pyridine rings is 1. The Hall–Kier alpha value is -1.42. The summed E-state index contributed by atoms with van der Waals surface area (Å²) in [5, 5.41) is 8.65. The molecule has 1 aromatic rings. The SMILES string of the molecule is O=S(=O)(NCCC1CC1)c1cncc(C#CCCO)c1. The average molecular weight is 294 g/mol. The van der Waals surface area contributed by atoms with Crippen molar-refractivity contribution in [3.05, 3.63) is 24.0 Å². The lowest BCUT2D eigenvalue weighted by Gasteiger charge is -2.06. The second-order valence-electron chi connectivity index (χ2n) is 4.81. The van der Waals surface area contributed by atoms with Crippen LogP contribution in [0.2, 0.25) is 0 Å². The van der Waals surface area contributed by atoms with Gasteiger partial charge in [0, 0.05) is 30.9 Å². The van der Waals surface area contributed by atoms with E-state index in [1.807, 2.05) is 0 Å².